The second kappa shape index (κ2) is 6.84. The summed E-state index contributed by atoms with van der Waals surface area (Å²) in [6, 6.07) is 5.72. The molecular weight excluding hydrogens is 254 g/mol. The van der Waals surface area contributed by atoms with Gasteiger partial charge in [-0.1, -0.05) is 12.6 Å². The smallest absolute Gasteiger partial charge is 0.229 e. The van der Waals surface area contributed by atoms with Crippen molar-refractivity contribution in [2.45, 2.75) is 25.7 Å². The van der Waals surface area contributed by atoms with Gasteiger partial charge in [-0.3, -0.25) is 19.5 Å². The summed E-state index contributed by atoms with van der Waals surface area (Å²) in [5.74, 6) is -0.107. The fraction of sp³-hybridized carbons (Fsp3) is 0.400. The molecule has 0 atom stereocenters. The number of imide groups is 1. The minimum atomic E-state index is -0.0536. The third-order valence-electron chi connectivity index (χ3n) is 3.26. The van der Waals surface area contributed by atoms with Gasteiger partial charge in [0, 0.05) is 38.3 Å². The number of amides is 2. The molecule has 20 heavy (non-hydrogen) atoms. The molecule has 2 heterocycles. The van der Waals surface area contributed by atoms with E-state index in [2.05, 4.69) is 11.6 Å². The van der Waals surface area contributed by atoms with Gasteiger partial charge in [-0.25, -0.2) is 0 Å². The van der Waals surface area contributed by atoms with E-state index in [1.165, 1.54) is 4.90 Å². The molecule has 5 nitrogen and oxygen atoms in total. The number of carbonyl (C=O) groups is 2. The Balaban J connectivity index is 1.91. The third-order valence-corrected chi connectivity index (χ3v) is 3.26. The van der Waals surface area contributed by atoms with E-state index in [4.69, 9.17) is 0 Å². The van der Waals surface area contributed by atoms with Crippen LogP contribution >= 0.6 is 0 Å². The molecule has 0 saturated carbocycles. The van der Waals surface area contributed by atoms with Crippen LogP contribution in [0.25, 0.3) is 6.20 Å². The number of hydrogen-bond acceptors (Lipinski definition) is 3. The van der Waals surface area contributed by atoms with Gasteiger partial charge in [0.2, 0.25) is 11.8 Å². The monoisotopic (exact) mass is 273 g/mol. The molecule has 0 aromatic carbocycles. The molecule has 1 aliphatic rings. The summed E-state index contributed by atoms with van der Waals surface area (Å²) in [5, 5.41) is 0. The van der Waals surface area contributed by atoms with Crippen molar-refractivity contribution < 1.29 is 9.59 Å². The molecule has 0 bridgehead atoms. The van der Waals surface area contributed by atoms with Crippen LogP contribution in [0.2, 0.25) is 0 Å². The predicted octanol–water partition coefficient (Wildman–Crippen LogP) is 1.42. The zero-order valence-electron chi connectivity index (χ0n) is 11.5. The maximum Gasteiger partial charge on any atom is 0.229 e. The number of carbonyl (C=O) groups excluding carboxylic acids is 2. The number of hydrogen-bond donors (Lipinski definition) is 0. The van der Waals surface area contributed by atoms with E-state index in [-0.39, 0.29) is 11.8 Å². The van der Waals surface area contributed by atoms with Crippen LogP contribution in [-0.4, -0.2) is 34.4 Å². The van der Waals surface area contributed by atoms with Crippen molar-refractivity contribution in [2.75, 3.05) is 13.1 Å². The molecule has 1 aliphatic heterocycles. The minimum absolute atomic E-state index is 0.0536. The number of rotatable bonds is 5. The maximum absolute atomic E-state index is 11.6. The second-order valence-electron chi connectivity index (χ2n) is 4.68. The van der Waals surface area contributed by atoms with Gasteiger partial charge in [0.05, 0.1) is 0 Å². The highest BCUT2D eigenvalue weighted by Gasteiger charge is 2.24. The summed E-state index contributed by atoms with van der Waals surface area (Å²) < 4.78 is 1.83. The number of likely N-dealkylation sites (tertiary alicyclic amines) is 1. The van der Waals surface area contributed by atoms with Crippen LogP contribution in [-0.2, 0) is 9.59 Å². The molecule has 1 saturated heterocycles. The van der Waals surface area contributed by atoms with Crippen LogP contribution < -0.4 is 5.49 Å². The van der Waals surface area contributed by atoms with Crippen molar-refractivity contribution in [1.82, 2.24) is 9.47 Å². The van der Waals surface area contributed by atoms with Gasteiger partial charge in [-0.05, 0) is 25.0 Å². The van der Waals surface area contributed by atoms with Crippen LogP contribution in [0.4, 0.5) is 0 Å². The number of pyridine rings is 1. The van der Waals surface area contributed by atoms with Crippen LogP contribution in [0.5, 0.6) is 0 Å². The Hall–Kier alpha value is -2.17. The Morgan fingerprint density at radius 3 is 2.70 bits per heavy atom. The zero-order valence-corrected chi connectivity index (χ0v) is 11.5. The van der Waals surface area contributed by atoms with Crippen LogP contribution in [0, 0.1) is 0 Å². The van der Waals surface area contributed by atoms with Gasteiger partial charge in [-0.15, -0.1) is 0 Å². The first-order valence-corrected chi connectivity index (χ1v) is 6.86. The van der Waals surface area contributed by atoms with Gasteiger partial charge in [0.15, 0.2) is 0 Å². The number of aromatic nitrogens is 1. The van der Waals surface area contributed by atoms with E-state index in [0.29, 0.717) is 38.8 Å². The van der Waals surface area contributed by atoms with Gasteiger partial charge >= 0.3 is 0 Å². The lowest BCUT2D eigenvalue weighted by molar-refractivity contribution is -0.147. The molecule has 1 aromatic heterocycles. The quantitative estimate of drug-likeness (QED) is 0.602. The number of nitrogens with zero attached hydrogens (tertiary/aromatic N) is 3. The first-order chi connectivity index (χ1) is 9.72. The molecule has 1 aromatic rings. The van der Waals surface area contributed by atoms with Crippen molar-refractivity contribution in [3.05, 3.63) is 36.5 Å². The molecule has 0 aliphatic carbocycles. The average Bonchev–Trinajstić information content (AvgIpc) is 2.46. The Kier molecular flexibility index (Phi) is 4.87. The molecule has 0 radical (unpaired) electrons. The summed E-state index contributed by atoms with van der Waals surface area (Å²) >= 11 is 0. The van der Waals surface area contributed by atoms with Crippen molar-refractivity contribution in [3.8, 4) is 0 Å². The highest BCUT2D eigenvalue weighted by Crippen LogP contribution is 2.12. The summed E-state index contributed by atoms with van der Waals surface area (Å²) in [4.78, 5) is 29.1. The van der Waals surface area contributed by atoms with E-state index >= 15 is 0 Å². The molecule has 1 fully saturated rings. The van der Waals surface area contributed by atoms with E-state index in [0.717, 1.165) is 5.49 Å². The van der Waals surface area contributed by atoms with Crippen LogP contribution in [0.15, 0.2) is 36.0 Å². The molecule has 0 spiro atoms. The fourth-order valence-electron chi connectivity index (χ4n) is 2.21. The lowest BCUT2D eigenvalue weighted by atomic mass is 10.1. The molecule has 0 unspecified atom stereocenters. The highest BCUT2D eigenvalue weighted by atomic mass is 16.2. The lowest BCUT2D eigenvalue weighted by Crippen LogP contribution is -2.40. The fourth-order valence-corrected chi connectivity index (χ4v) is 2.21. The van der Waals surface area contributed by atoms with E-state index < -0.39 is 0 Å². The molecule has 5 heteroatoms. The maximum atomic E-state index is 11.6. The normalized spacial score (nSPS) is 16.6. The molecule has 2 rings (SSSR count). The summed E-state index contributed by atoms with van der Waals surface area (Å²) in [7, 11) is 0. The molecule has 106 valence electrons. The Morgan fingerprint density at radius 2 is 2.00 bits per heavy atom. The summed E-state index contributed by atoms with van der Waals surface area (Å²) in [6.45, 7) is 4.76. The highest BCUT2D eigenvalue weighted by molar-refractivity contribution is 5.97. The largest absolute Gasteiger partial charge is 0.310 e. The summed E-state index contributed by atoms with van der Waals surface area (Å²) in [6.07, 6.45) is 5.90. The van der Waals surface area contributed by atoms with E-state index in [9.17, 15) is 9.59 Å². The van der Waals surface area contributed by atoms with Gasteiger partial charge in [-0.2, -0.15) is 0 Å². The van der Waals surface area contributed by atoms with Crippen molar-refractivity contribution in [2.24, 2.45) is 4.99 Å². The lowest BCUT2D eigenvalue weighted by Gasteiger charge is -2.24. The predicted molar refractivity (Wildman–Crippen MR) is 76.4 cm³/mol. The topological polar surface area (TPSA) is 54.7 Å². The van der Waals surface area contributed by atoms with E-state index in [1.807, 2.05) is 29.0 Å². The van der Waals surface area contributed by atoms with Gasteiger partial charge < -0.3 is 4.57 Å². The van der Waals surface area contributed by atoms with E-state index in [1.54, 1.807) is 6.20 Å². The molecule has 0 N–H and O–H groups in total. The first-order valence-electron chi connectivity index (χ1n) is 6.86. The number of piperidine rings is 1. The second-order valence-corrected chi connectivity index (χ2v) is 4.68. The summed E-state index contributed by atoms with van der Waals surface area (Å²) in [5.41, 5.74) is 0.818. The zero-order chi connectivity index (χ0) is 14.4. The Bertz CT molecular complexity index is 558. The van der Waals surface area contributed by atoms with Crippen molar-refractivity contribution in [3.63, 3.8) is 0 Å². The van der Waals surface area contributed by atoms with Crippen molar-refractivity contribution >= 4 is 18.0 Å². The van der Waals surface area contributed by atoms with Crippen LogP contribution in [0.1, 0.15) is 25.7 Å². The average molecular weight is 273 g/mol. The minimum Gasteiger partial charge on any atom is -0.310 e. The SMILES string of the molecule is C=Cn1ccccc1=NCCCN1C(=O)CCCC1=O. The Labute approximate surface area is 118 Å². The van der Waals surface area contributed by atoms with Gasteiger partial charge in [0.1, 0.15) is 5.49 Å². The standard InChI is InChI=1S/C15H19N3O2/c1-2-17-11-4-3-7-13(17)16-10-6-12-18-14(19)8-5-9-15(18)20/h2-4,7,11H,1,5-6,8-10,12H2. The van der Waals surface area contributed by atoms with Gasteiger partial charge in [0.25, 0.3) is 0 Å². The van der Waals surface area contributed by atoms with Crippen molar-refractivity contribution in [1.29, 1.82) is 0 Å². The molecular formula is C15H19N3O2. The third kappa shape index (κ3) is 3.44. The molecule has 2 amide bonds. The van der Waals surface area contributed by atoms with Crippen LogP contribution in [0.3, 0.4) is 0 Å². The Morgan fingerprint density at radius 1 is 1.25 bits per heavy atom. The first kappa shape index (κ1) is 14.2.